The monoisotopic (exact) mass is 293 g/mol. The molecular weight excluding hydrogens is 278 g/mol. The van der Waals surface area contributed by atoms with E-state index in [-0.39, 0.29) is 5.41 Å². The van der Waals surface area contributed by atoms with Crippen LogP contribution in [0.25, 0.3) is 0 Å². The summed E-state index contributed by atoms with van der Waals surface area (Å²) < 4.78 is 27.0. The number of sulfonamides is 1. The average molecular weight is 294 g/mol. The van der Waals surface area contributed by atoms with Gasteiger partial charge in [0.05, 0.1) is 0 Å². The van der Waals surface area contributed by atoms with Gasteiger partial charge in [0.1, 0.15) is 4.21 Å². The van der Waals surface area contributed by atoms with Gasteiger partial charge in [0.15, 0.2) is 0 Å². The van der Waals surface area contributed by atoms with Crippen molar-refractivity contribution in [2.75, 3.05) is 12.4 Å². The van der Waals surface area contributed by atoms with Gasteiger partial charge in [-0.3, -0.25) is 0 Å². The SMILES string of the molecule is O=S(=O)(NCC1(CCl)CCCC1)c1cccs1. The highest BCUT2D eigenvalue weighted by Gasteiger charge is 2.34. The molecule has 2 rings (SSSR count). The van der Waals surface area contributed by atoms with Crippen LogP contribution in [0.1, 0.15) is 25.7 Å². The molecule has 0 unspecified atom stereocenters. The predicted molar refractivity (Wildman–Crippen MR) is 71.1 cm³/mol. The Balaban J connectivity index is 2.02. The zero-order valence-electron chi connectivity index (χ0n) is 9.49. The summed E-state index contributed by atoms with van der Waals surface area (Å²) in [5.74, 6) is 0.528. The van der Waals surface area contributed by atoms with Crippen molar-refractivity contribution in [1.82, 2.24) is 4.72 Å². The van der Waals surface area contributed by atoms with Gasteiger partial charge in [-0.25, -0.2) is 13.1 Å². The van der Waals surface area contributed by atoms with Gasteiger partial charge < -0.3 is 0 Å². The van der Waals surface area contributed by atoms with Crippen molar-refractivity contribution >= 4 is 33.0 Å². The maximum absolute atomic E-state index is 12.0. The van der Waals surface area contributed by atoms with Crippen LogP contribution in [0.2, 0.25) is 0 Å². The predicted octanol–water partition coefficient (Wildman–Crippen LogP) is 2.83. The first-order valence-corrected chi connectivity index (χ1v) is 8.57. The quantitative estimate of drug-likeness (QED) is 0.849. The molecule has 17 heavy (non-hydrogen) atoms. The van der Waals surface area contributed by atoms with Crippen molar-refractivity contribution in [3.05, 3.63) is 17.5 Å². The highest BCUT2D eigenvalue weighted by atomic mass is 35.5. The summed E-state index contributed by atoms with van der Waals surface area (Å²) in [5, 5.41) is 1.77. The Morgan fingerprint density at radius 1 is 1.41 bits per heavy atom. The van der Waals surface area contributed by atoms with Crippen LogP contribution < -0.4 is 4.72 Å². The Hall–Kier alpha value is -0.100. The van der Waals surface area contributed by atoms with Crippen LogP contribution in [-0.2, 0) is 10.0 Å². The van der Waals surface area contributed by atoms with Gasteiger partial charge in [-0.1, -0.05) is 18.9 Å². The van der Waals surface area contributed by atoms with E-state index in [1.807, 2.05) is 0 Å². The highest BCUT2D eigenvalue weighted by Crippen LogP contribution is 2.38. The average Bonchev–Trinajstić information content (AvgIpc) is 2.99. The molecule has 1 aliphatic carbocycles. The van der Waals surface area contributed by atoms with E-state index in [1.165, 1.54) is 11.3 Å². The molecule has 96 valence electrons. The fraction of sp³-hybridized carbons (Fsp3) is 0.636. The first kappa shape index (κ1) is 13.3. The topological polar surface area (TPSA) is 46.2 Å². The molecule has 0 saturated heterocycles. The second-order valence-corrected chi connectivity index (χ2v) is 7.81. The largest absolute Gasteiger partial charge is 0.250 e. The lowest BCUT2D eigenvalue weighted by atomic mass is 9.89. The van der Waals surface area contributed by atoms with Crippen LogP contribution >= 0.6 is 22.9 Å². The lowest BCUT2D eigenvalue weighted by Crippen LogP contribution is -2.36. The molecule has 0 amide bonds. The minimum Gasteiger partial charge on any atom is -0.210 e. The van der Waals surface area contributed by atoms with E-state index in [0.717, 1.165) is 25.7 Å². The van der Waals surface area contributed by atoms with E-state index in [9.17, 15) is 8.42 Å². The highest BCUT2D eigenvalue weighted by molar-refractivity contribution is 7.91. The molecule has 0 bridgehead atoms. The molecule has 1 saturated carbocycles. The molecule has 1 fully saturated rings. The summed E-state index contributed by atoms with van der Waals surface area (Å²) in [4.78, 5) is 0. The smallest absolute Gasteiger partial charge is 0.210 e. The summed E-state index contributed by atoms with van der Waals surface area (Å²) in [5.41, 5.74) is -0.0358. The minimum absolute atomic E-state index is 0.0358. The Morgan fingerprint density at radius 3 is 2.65 bits per heavy atom. The number of halogens is 1. The third-order valence-electron chi connectivity index (χ3n) is 3.34. The summed E-state index contributed by atoms with van der Waals surface area (Å²) in [6, 6.07) is 3.36. The standard InChI is InChI=1S/C11H16ClNO2S2/c12-8-11(5-1-2-6-11)9-13-17(14,15)10-4-3-7-16-10/h3-4,7,13H,1-2,5-6,8-9H2. The van der Waals surface area contributed by atoms with Gasteiger partial charge in [0.25, 0.3) is 0 Å². The second kappa shape index (κ2) is 5.26. The lowest BCUT2D eigenvalue weighted by Gasteiger charge is -2.26. The maximum atomic E-state index is 12.0. The van der Waals surface area contributed by atoms with Gasteiger partial charge >= 0.3 is 0 Å². The summed E-state index contributed by atoms with van der Waals surface area (Å²) >= 11 is 7.22. The van der Waals surface area contributed by atoms with Crippen LogP contribution in [0.15, 0.2) is 21.7 Å². The minimum atomic E-state index is -3.34. The third kappa shape index (κ3) is 3.02. The number of nitrogens with one attached hydrogen (secondary N) is 1. The summed E-state index contributed by atoms with van der Waals surface area (Å²) in [7, 11) is -3.34. The molecule has 0 radical (unpaired) electrons. The number of rotatable bonds is 5. The molecule has 0 atom stereocenters. The van der Waals surface area contributed by atoms with Gasteiger partial charge in [-0.05, 0) is 29.7 Å². The van der Waals surface area contributed by atoms with Crippen molar-refractivity contribution in [3.8, 4) is 0 Å². The van der Waals surface area contributed by atoms with Gasteiger partial charge in [-0.2, -0.15) is 0 Å². The summed E-state index contributed by atoms with van der Waals surface area (Å²) in [6.45, 7) is 0.455. The summed E-state index contributed by atoms with van der Waals surface area (Å²) in [6.07, 6.45) is 4.33. The molecule has 0 aliphatic heterocycles. The molecular formula is C11H16ClNO2S2. The lowest BCUT2D eigenvalue weighted by molar-refractivity contribution is 0.342. The number of alkyl halides is 1. The molecule has 1 aliphatic rings. The van der Waals surface area contributed by atoms with Crippen molar-refractivity contribution in [2.45, 2.75) is 29.9 Å². The Labute approximate surface area is 111 Å². The maximum Gasteiger partial charge on any atom is 0.250 e. The second-order valence-electron chi connectivity index (χ2n) is 4.60. The van der Waals surface area contributed by atoms with E-state index < -0.39 is 10.0 Å². The van der Waals surface area contributed by atoms with Crippen LogP contribution in [0.4, 0.5) is 0 Å². The van der Waals surface area contributed by atoms with Gasteiger partial charge in [0, 0.05) is 12.4 Å². The van der Waals surface area contributed by atoms with Crippen molar-refractivity contribution < 1.29 is 8.42 Å². The van der Waals surface area contributed by atoms with E-state index in [1.54, 1.807) is 17.5 Å². The van der Waals surface area contributed by atoms with Crippen LogP contribution in [0.5, 0.6) is 0 Å². The van der Waals surface area contributed by atoms with Gasteiger partial charge in [0.2, 0.25) is 10.0 Å². The number of thiophene rings is 1. The number of hydrogen-bond donors (Lipinski definition) is 1. The Bertz CT molecular complexity index is 450. The van der Waals surface area contributed by atoms with E-state index in [4.69, 9.17) is 11.6 Å². The molecule has 6 heteroatoms. The molecule has 1 heterocycles. The normalized spacial score (nSPS) is 19.6. The van der Waals surface area contributed by atoms with E-state index in [2.05, 4.69) is 4.72 Å². The number of hydrogen-bond acceptors (Lipinski definition) is 3. The zero-order valence-corrected chi connectivity index (χ0v) is 11.9. The molecule has 1 N–H and O–H groups in total. The van der Waals surface area contributed by atoms with E-state index >= 15 is 0 Å². The van der Waals surface area contributed by atoms with Crippen molar-refractivity contribution in [3.63, 3.8) is 0 Å². The molecule has 1 aromatic rings. The Kier molecular flexibility index (Phi) is 4.13. The first-order chi connectivity index (χ1) is 8.08. The van der Waals surface area contributed by atoms with Gasteiger partial charge in [-0.15, -0.1) is 22.9 Å². The van der Waals surface area contributed by atoms with Crippen LogP contribution in [0.3, 0.4) is 0 Å². The molecule has 1 aromatic heterocycles. The zero-order chi connectivity index (χ0) is 12.4. The van der Waals surface area contributed by atoms with Crippen LogP contribution in [-0.4, -0.2) is 20.8 Å². The fourth-order valence-corrected chi connectivity index (χ4v) is 4.77. The fourth-order valence-electron chi connectivity index (χ4n) is 2.22. The molecule has 0 spiro atoms. The molecule has 3 nitrogen and oxygen atoms in total. The first-order valence-electron chi connectivity index (χ1n) is 5.67. The van der Waals surface area contributed by atoms with E-state index in [0.29, 0.717) is 16.6 Å². The Morgan fingerprint density at radius 2 is 2.12 bits per heavy atom. The van der Waals surface area contributed by atoms with Crippen molar-refractivity contribution in [2.24, 2.45) is 5.41 Å². The van der Waals surface area contributed by atoms with Crippen LogP contribution in [0, 0.1) is 5.41 Å². The third-order valence-corrected chi connectivity index (χ3v) is 6.71. The van der Waals surface area contributed by atoms with Crippen molar-refractivity contribution in [1.29, 1.82) is 0 Å². The molecule has 0 aromatic carbocycles.